The number of hydrogen-bond acceptors (Lipinski definition) is 7. The Morgan fingerprint density at radius 3 is 2.53 bits per heavy atom. The van der Waals surface area contributed by atoms with Crippen LogP contribution >= 0.6 is 0 Å². The monoisotopic (exact) mass is 411 g/mol. The molecule has 2 unspecified atom stereocenters. The van der Waals surface area contributed by atoms with E-state index in [9.17, 15) is 4.79 Å². The van der Waals surface area contributed by atoms with Crippen LogP contribution in [0.3, 0.4) is 0 Å². The molecule has 0 bridgehead atoms. The predicted octanol–water partition coefficient (Wildman–Crippen LogP) is 2.44. The highest BCUT2D eigenvalue weighted by molar-refractivity contribution is 5.88. The molecule has 0 aromatic heterocycles. The Bertz CT molecular complexity index is 921. The summed E-state index contributed by atoms with van der Waals surface area (Å²) in [5, 5.41) is 4.06. The molecule has 0 fully saturated rings. The third-order valence-electron chi connectivity index (χ3n) is 4.81. The number of nitrogens with zero attached hydrogens (tertiary/aromatic N) is 2. The molecular formula is C22H25N3O5. The highest BCUT2D eigenvalue weighted by Crippen LogP contribution is 2.37. The highest BCUT2D eigenvalue weighted by atomic mass is 16.5. The summed E-state index contributed by atoms with van der Waals surface area (Å²) >= 11 is 0. The van der Waals surface area contributed by atoms with E-state index in [1.807, 2.05) is 24.3 Å². The fraction of sp³-hybridized carbons (Fsp3) is 0.318. The molecule has 0 spiro atoms. The number of benzene rings is 1. The molecule has 2 atom stereocenters. The van der Waals surface area contributed by atoms with Gasteiger partial charge in [-0.15, -0.1) is 0 Å². The molecule has 2 aliphatic rings. The van der Waals surface area contributed by atoms with E-state index >= 15 is 0 Å². The van der Waals surface area contributed by atoms with E-state index in [4.69, 9.17) is 18.9 Å². The normalized spacial score (nSPS) is 18.3. The topological polar surface area (TPSA) is 90.7 Å². The average Bonchev–Trinajstić information content (AvgIpc) is 2.79. The molecule has 3 rings (SSSR count). The number of amides is 1. The van der Waals surface area contributed by atoms with Crippen molar-refractivity contribution in [1.29, 1.82) is 0 Å². The SMILES string of the molecule is COc1cc(/C=N/NC(=O)C(OC)C2=C3C=CC=NC3CC=C2)cc(OC)c1OC. The third-order valence-corrected chi connectivity index (χ3v) is 4.81. The summed E-state index contributed by atoms with van der Waals surface area (Å²) in [6.45, 7) is 0. The van der Waals surface area contributed by atoms with E-state index in [2.05, 4.69) is 15.5 Å². The summed E-state index contributed by atoms with van der Waals surface area (Å²) < 4.78 is 21.4. The minimum atomic E-state index is -0.797. The van der Waals surface area contributed by atoms with Crippen LogP contribution in [-0.4, -0.2) is 58.9 Å². The van der Waals surface area contributed by atoms with Gasteiger partial charge in [0.05, 0.1) is 33.6 Å². The first-order chi connectivity index (χ1) is 14.6. The van der Waals surface area contributed by atoms with Gasteiger partial charge in [-0.25, -0.2) is 5.43 Å². The van der Waals surface area contributed by atoms with E-state index < -0.39 is 6.10 Å². The molecule has 1 aromatic rings. The van der Waals surface area contributed by atoms with Crippen molar-refractivity contribution in [3.05, 3.63) is 53.1 Å². The lowest BCUT2D eigenvalue weighted by Crippen LogP contribution is -2.36. The summed E-state index contributed by atoms with van der Waals surface area (Å²) in [5.41, 5.74) is 4.97. The summed E-state index contributed by atoms with van der Waals surface area (Å²) in [6, 6.07) is 3.48. The van der Waals surface area contributed by atoms with Gasteiger partial charge < -0.3 is 18.9 Å². The second kappa shape index (κ2) is 9.89. The Morgan fingerprint density at radius 2 is 1.90 bits per heavy atom. The Kier molecular flexibility index (Phi) is 7.03. The van der Waals surface area contributed by atoms with Crippen LogP contribution in [0, 0.1) is 0 Å². The Hall–Kier alpha value is -3.39. The maximum absolute atomic E-state index is 12.7. The first kappa shape index (κ1) is 21.3. The van der Waals surface area contributed by atoms with Crippen molar-refractivity contribution in [2.75, 3.05) is 28.4 Å². The zero-order chi connectivity index (χ0) is 21.5. The van der Waals surface area contributed by atoms with E-state index in [1.165, 1.54) is 34.7 Å². The Morgan fingerprint density at radius 1 is 1.17 bits per heavy atom. The van der Waals surface area contributed by atoms with Crippen molar-refractivity contribution in [3.8, 4) is 17.2 Å². The largest absolute Gasteiger partial charge is 0.493 e. The average molecular weight is 411 g/mol. The molecule has 1 N–H and O–H groups in total. The van der Waals surface area contributed by atoms with Crippen LogP contribution in [0.2, 0.25) is 0 Å². The maximum atomic E-state index is 12.7. The molecule has 158 valence electrons. The molecule has 1 amide bonds. The van der Waals surface area contributed by atoms with Crippen molar-refractivity contribution in [3.63, 3.8) is 0 Å². The second-order valence-corrected chi connectivity index (χ2v) is 6.53. The second-order valence-electron chi connectivity index (χ2n) is 6.53. The summed E-state index contributed by atoms with van der Waals surface area (Å²) in [4.78, 5) is 17.2. The van der Waals surface area contributed by atoms with Crippen LogP contribution in [0.15, 0.2) is 57.7 Å². The number of aliphatic imine (C=N–C) groups is 1. The molecular weight excluding hydrogens is 386 g/mol. The Balaban J connectivity index is 1.77. The number of fused-ring (bicyclic) bond motifs is 1. The summed E-state index contributed by atoms with van der Waals surface area (Å²) in [5.74, 6) is 1.09. The van der Waals surface area contributed by atoms with Crippen molar-refractivity contribution in [1.82, 2.24) is 5.43 Å². The maximum Gasteiger partial charge on any atom is 0.273 e. The number of nitrogens with one attached hydrogen (secondary N) is 1. The first-order valence-electron chi connectivity index (χ1n) is 9.39. The van der Waals surface area contributed by atoms with Crippen LogP contribution < -0.4 is 19.6 Å². The van der Waals surface area contributed by atoms with Gasteiger partial charge in [0.2, 0.25) is 5.75 Å². The molecule has 30 heavy (non-hydrogen) atoms. The minimum Gasteiger partial charge on any atom is -0.493 e. The molecule has 1 aliphatic heterocycles. The van der Waals surface area contributed by atoms with Crippen LogP contribution in [0.25, 0.3) is 0 Å². The van der Waals surface area contributed by atoms with Gasteiger partial charge in [-0.3, -0.25) is 9.79 Å². The number of hydrazone groups is 1. The lowest BCUT2D eigenvalue weighted by Gasteiger charge is -2.25. The summed E-state index contributed by atoms with van der Waals surface area (Å²) in [6.07, 6.45) is 11.0. The van der Waals surface area contributed by atoms with Crippen LogP contribution in [-0.2, 0) is 9.53 Å². The standard InChI is InChI=1S/C22H25N3O5/c1-27-18-11-14(12-19(28-2)21(18)30-4)13-24-25-22(26)20(29-3)16-7-5-9-17-15(16)8-6-10-23-17/h5-8,10-13,17,20H,9H2,1-4H3,(H,25,26)/b24-13+. The number of methoxy groups -OCH3 is 4. The first-order valence-corrected chi connectivity index (χ1v) is 9.39. The van der Waals surface area contributed by atoms with Gasteiger partial charge in [0.15, 0.2) is 17.6 Å². The van der Waals surface area contributed by atoms with Gasteiger partial charge in [-0.2, -0.15) is 5.10 Å². The molecule has 1 aliphatic carbocycles. The number of dihydropyridines is 1. The molecule has 0 saturated carbocycles. The molecule has 0 radical (unpaired) electrons. The predicted molar refractivity (Wildman–Crippen MR) is 115 cm³/mol. The van der Waals surface area contributed by atoms with Crippen LogP contribution in [0.1, 0.15) is 12.0 Å². The highest BCUT2D eigenvalue weighted by Gasteiger charge is 2.28. The Labute approximate surface area is 175 Å². The summed E-state index contributed by atoms with van der Waals surface area (Å²) in [7, 11) is 6.10. The number of ether oxygens (including phenoxy) is 4. The van der Waals surface area contributed by atoms with E-state index in [-0.39, 0.29) is 11.9 Å². The number of hydrogen-bond donors (Lipinski definition) is 1. The van der Waals surface area contributed by atoms with Gasteiger partial charge in [0.1, 0.15) is 0 Å². The van der Waals surface area contributed by atoms with Crippen molar-refractivity contribution < 1.29 is 23.7 Å². The van der Waals surface area contributed by atoms with Crippen LogP contribution in [0.4, 0.5) is 0 Å². The quantitative estimate of drug-likeness (QED) is 0.524. The van der Waals surface area contributed by atoms with E-state index in [0.29, 0.717) is 22.8 Å². The fourth-order valence-electron chi connectivity index (χ4n) is 3.41. The molecule has 8 heteroatoms. The van der Waals surface area contributed by atoms with Crippen molar-refractivity contribution in [2.45, 2.75) is 18.6 Å². The van der Waals surface area contributed by atoms with Crippen LogP contribution in [0.5, 0.6) is 17.2 Å². The zero-order valence-corrected chi connectivity index (χ0v) is 17.4. The van der Waals surface area contributed by atoms with E-state index in [1.54, 1.807) is 18.3 Å². The lowest BCUT2D eigenvalue weighted by molar-refractivity contribution is -0.128. The van der Waals surface area contributed by atoms with Crippen molar-refractivity contribution >= 4 is 18.3 Å². The zero-order valence-electron chi connectivity index (χ0n) is 17.4. The lowest BCUT2D eigenvalue weighted by atomic mass is 9.88. The van der Waals surface area contributed by atoms with Gasteiger partial charge in [-0.1, -0.05) is 18.2 Å². The van der Waals surface area contributed by atoms with Gasteiger partial charge in [0.25, 0.3) is 5.91 Å². The minimum absolute atomic E-state index is 0.0168. The van der Waals surface area contributed by atoms with Crippen molar-refractivity contribution in [2.24, 2.45) is 10.1 Å². The number of allylic oxidation sites excluding steroid dienone is 1. The van der Waals surface area contributed by atoms with Gasteiger partial charge >= 0.3 is 0 Å². The van der Waals surface area contributed by atoms with E-state index in [0.717, 1.165) is 17.6 Å². The fourth-order valence-corrected chi connectivity index (χ4v) is 3.41. The molecule has 1 aromatic carbocycles. The van der Waals surface area contributed by atoms with Gasteiger partial charge in [0, 0.05) is 18.9 Å². The number of rotatable bonds is 8. The number of carbonyl (C=O) groups excluding carboxylic acids is 1. The number of carbonyl (C=O) groups is 1. The smallest absolute Gasteiger partial charge is 0.273 e. The third kappa shape index (κ3) is 4.44. The molecule has 8 nitrogen and oxygen atoms in total. The van der Waals surface area contributed by atoms with Gasteiger partial charge in [-0.05, 0) is 35.8 Å². The molecule has 0 saturated heterocycles. The molecule has 1 heterocycles.